The Morgan fingerprint density at radius 1 is 1.22 bits per heavy atom. The summed E-state index contributed by atoms with van der Waals surface area (Å²) in [6.45, 7) is 1.82. The number of hydrogen-bond acceptors (Lipinski definition) is 2. The van der Waals surface area contributed by atoms with Crippen molar-refractivity contribution in [3.05, 3.63) is 34.9 Å². The van der Waals surface area contributed by atoms with E-state index in [0.29, 0.717) is 6.04 Å². The Morgan fingerprint density at radius 2 is 2.00 bits per heavy atom. The summed E-state index contributed by atoms with van der Waals surface area (Å²) < 4.78 is 0. The fourth-order valence-electron chi connectivity index (χ4n) is 4.32. The van der Waals surface area contributed by atoms with E-state index in [-0.39, 0.29) is 17.4 Å². The number of carbonyl (C=O) groups is 1. The van der Waals surface area contributed by atoms with Crippen molar-refractivity contribution in [1.29, 1.82) is 0 Å². The molecule has 1 amide bonds. The first-order valence-corrected chi connectivity index (χ1v) is 9.36. The number of nitrogens with zero attached hydrogens (tertiary/aromatic N) is 1. The van der Waals surface area contributed by atoms with Gasteiger partial charge in [0.15, 0.2) is 0 Å². The van der Waals surface area contributed by atoms with Gasteiger partial charge in [0.2, 0.25) is 5.91 Å². The van der Waals surface area contributed by atoms with Crippen LogP contribution in [0.3, 0.4) is 0 Å². The number of likely N-dealkylation sites (tertiary alicyclic amines) is 1. The SMILES string of the molecule is O=C(NCC1(c2ccccc2Cl)CCC1)C1CCCN1C1CC1. The van der Waals surface area contributed by atoms with E-state index in [1.807, 2.05) is 12.1 Å². The highest BCUT2D eigenvalue weighted by molar-refractivity contribution is 6.31. The van der Waals surface area contributed by atoms with Gasteiger partial charge in [-0.3, -0.25) is 9.69 Å². The number of hydrogen-bond donors (Lipinski definition) is 1. The molecule has 1 atom stereocenters. The van der Waals surface area contributed by atoms with Gasteiger partial charge in [-0.2, -0.15) is 0 Å². The molecule has 1 heterocycles. The van der Waals surface area contributed by atoms with Gasteiger partial charge in [0.25, 0.3) is 0 Å². The molecule has 0 spiro atoms. The van der Waals surface area contributed by atoms with Crippen molar-refractivity contribution in [1.82, 2.24) is 10.2 Å². The minimum absolute atomic E-state index is 0.0526. The number of carbonyl (C=O) groups excluding carboxylic acids is 1. The van der Waals surface area contributed by atoms with Gasteiger partial charge in [-0.05, 0) is 56.7 Å². The van der Waals surface area contributed by atoms with E-state index in [4.69, 9.17) is 11.6 Å². The first-order valence-electron chi connectivity index (χ1n) is 8.98. The lowest BCUT2D eigenvalue weighted by molar-refractivity contribution is -0.126. The van der Waals surface area contributed by atoms with E-state index in [9.17, 15) is 4.79 Å². The molecule has 3 fully saturated rings. The van der Waals surface area contributed by atoms with E-state index in [1.54, 1.807) is 0 Å². The molecule has 2 aliphatic carbocycles. The van der Waals surface area contributed by atoms with Crippen molar-refractivity contribution < 1.29 is 4.79 Å². The maximum absolute atomic E-state index is 12.7. The number of halogens is 1. The molecule has 3 aliphatic rings. The maximum atomic E-state index is 12.7. The van der Waals surface area contributed by atoms with Crippen LogP contribution in [-0.4, -0.2) is 36.0 Å². The summed E-state index contributed by atoms with van der Waals surface area (Å²) in [5, 5.41) is 4.10. The second-order valence-corrected chi connectivity index (χ2v) is 7.87. The standard InChI is InChI=1S/C19H25ClN2O/c20-16-6-2-1-5-15(16)19(10-4-11-19)13-21-18(23)17-7-3-12-22(17)14-8-9-14/h1-2,5-6,14,17H,3-4,7-13H2,(H,21,23). The first-order chi connectivity index (χ1) is 11.2. The average Bonchev–Trinajstić information content (AvgIpc) is 3.24. The zero-order valence-corrected chi connectivity index (χ0v) is 14.3. The minimum atomic E-state index is 0.0526. The summed E-state index contributed by atoms with van der Waals surface area (Å²) >= 11 is 6.42. The van der Waals surface area contributed by atoms with Gasteiger partial charge in [0.05, 0.1) is 6.04 Å². The van der Waals surface area contributed by atoms with Crippen LogP contribution in [0.1, 0.15) is 50.5 Å². The van der Waals surface area contributed by atoms with Gasteiger partial charge >= 0.3 is 0 Å². The van der Waals surface area contributed by atoms with Crippen molar-refractivity contribution in [2.45, 2.75) is 62.4 Å². The van der Waals surface area contributed by atoms with Crippen molar-refractivity contribution in [2.75, 3.05) is 13.1 Å². The van der Waals surface area contributed by atoms with Gasteiger partial charge in [0.1, 0.15) is 0 Å². The highest BCUT2D eigenvalue weighted by Gasteiger charge is 2.43. The number of rotatable bonds is 5. The normalized spacial score (nSPS) is 26.7. The summed E-state index contributed by atoms with van der Waals surface area (Å²) in [5.74, 6) is 0.229. The number of benzene rings is 1. The Bertz CT molecular complexity index is 595. The van der Waals surface area contributed by atoms with Gasteiger partial charge in [0, 0.05) is 23.0 Å². The lowest BCUT2D eigenvalue weighted by Gasteiger charge is -2.43. The van der Waals surface area contributed by atoms with E-state index < -0.39 is 0 Å². The van der Waals surface area contributed by atoms with Crippen LogP contribution in [-0.2, 0) is 10.2 Å². The predicted octanol–water partition coefficient (Wildman–Crippen LogP) is 3.50. The van der Waals surface area contributed by atoms with Crippen LogP contribution in [0.2, 0.25) is 5.02 Å². The molecule has 0 radical (unpaired) electrons. The fraction of sp³-hybridized carbons (Fsp3) is 0.632. The quantitative estimate of drug-likeness (QED) is 0.895. The molecule has 1 unspecified atom stereocenters. The van der Waals surface area contributed by atoms with Crippen molar-refractivity contribution in [3.8, 4) is 0 Å². The van der Waals surface area contributed by atoms with E-state index in [2.05, 4.69) is 22.3 Å². The van der Waals surface area contributed by atoms with Crippen molar-refractivity contribution in [3.63, 3.8) is 0 Å². The van der Waals surface area contributed by atoms with E-state index in [1.165, 1.54) is 24.8 Å². The molecular formula is C19H25ClN2O. The molecule has 2 saturated carbocycles. The van der Waals surface area contributed by atoms with Crippen LogP contribution in [0.4, 0.5) is 0 Å². The molecule has 23 heavy (non-hydrogen) atoms. The second kappa shape index (κ2) is 6.10. The topological polar surface area (TPSA) is 32.3 Å². The fourth-order valence-corrected chi connectivity index (χ4v) is 4.66. The zero-order chi connectivity index (χ0) is 15.9. The van der Waals surface area contributed by atoms with Crippen molar-refractivity contribution in [2.24, 2.45) is 0 Å². The minimum Gasteiger partial charge on any atom is -0.354 e. The third kappa shape index (κ3) is 2.89. The third-order valence-corrected chi connectivity index (χ3v) is 6.30. The van der Waals surface area contributed by atoms with Crippen LogP contribution in [0.15, 0.2) is 24.3 Å². The van der Waals surface area contributed by atoms with Gasteiger partial charge in [-0.25, -0.2) is 0 Å². The predicted molar refractivity (Wildman–Crippen MR) is 92.7 cm³/mol. The average molecular weight is 333 g/mol. The molecule has 3 nitrogen and oxygen atoms in total. The molecule has 4 heteroatoms. The Labute approximate surface area is 143 Å². The van der Waals surface area contributed by atoms with Crippen LogP contribution in [0, 0.1) is 0 Å². The summed E-state index contributed by atoms with van der Waals surface area (Å²) in [7, 11) is 0. The number of nitrogens with one attached hydrogen (secondary N) is 1. The molecule has 1 N–H and O–H groups in total. The second-order valence-electron chi connectivity index (χ2n) is 7.46. The van der Waals surface area contributed by atoms with E-state index >= 15 is 0 Å². The molecule has 1 aromatic rings. The largest absolute Gasteiger partial charge is 0.354 e. The van der Waals surface area contributed by atoms with Crippen LogP contribution >= 0.6 is 11.6 Å². The lowest BCUT2D eigenvalue weighted by Crippen LogP contribution is -2.50. The highest BCUT2D eigenvalue weighted by Crippen LogP contribution is 2.45. The third-order valence-electron chi connectivity index (χ3n) is 5.97. The first kappa shape index (κ1) is 15.5. The highest BCUT2D eigenvalue weighted by atomic mass is 35.5. The van der Waals surface area contributed by atoms with Crippen LogP contribution in [0.25, 0.3) is 0 Å². The van der Waals surface area contributed by atoms with Gasteiger partial charge in [-0.15, -0.1) is 0 Å². The number of amides is 1. The van der Waals surface area contributed by atoms with Crippen LogP contribution < -0.4 is 5.32 Å². The Morgan fingerprint density at radius 3 is 2.65 bits per heavy atom. The Balaban J connectivity index is 1.43. The molecule has 4 rings (SSSR count). The molecule has 1 aromatic carbocycles. The lowest BCUT2D eigenvalue weighted by atomic mass is 9.64. The molecule has 124 valence electrons. The van der Waals surface area contributed by atoms with Gasteiger partial charge < -0.3 is 5.32 Å². The smallest absolute Gasteiger partial charge is 0.237 e. The molecule has 1 aliphatic heterocycles. The molecule has 1 saturated heterocycles. The van der Waals surface area contributed by atoms with Gasteiger partial charge in [-0.1, -0.05) is 36.2 Å². The summed E-state index contributed by atoms with van der Waals surface area (Å²) in [5.41, 5.74) is 1.26. The Hall–Kier alpha value is -1.06. The summed E-state index contributed by atoms with van der Waals surface area (Å²) in [6.07, 6.45) is 8.17. The van der Waals surface area contributed by atoms with Crippen LogP contribution in [0.5, 0.6) is 0 Å². The summed E-state index contributed by atoms with van der Waals surface area (Å²) in [6, 6.07) is 8.89. The Kier molecular flexibility index (Phi) is 4.10. The molecule has 0 aromatic heterocycles. The molecule has 0 bridgehead atoms. The zero-order valence-electron chi connectivity index (χ0n) is 13.6. The van der Waals surface area contributed by atoms with E-state index in [0.717, 1.165) is 43.8 Å². The maximum Gasteiger partial charge on any atom is 0.237 e. The summed E-state index contributed by atoms with van der Waals surface area (Å²) in [4.78, 5) is 15.1. The monoisotopic (exact) mass is 332 g/mol. The van der Waals surface area contributed by atoms with Crippen molar-refractivity contribution >= 4 is 17.5 Å². The molecular weight excluding hydrogens is 308 g/mol.